The van der Waals surface area contributed by atoms with E-state index in [1.807, 2.05) is 0 Å². The highest BCUT2D eigenvalue weighted by Gasteiger charge is 2.35. The molecule has 0 saturated carbocycles. The molecule has 3 atom stereocenters. The number of fused-ring (bicyclic) bond motifs is 3. The van der Waals surface area contributed by atoms with Crippen LogP contribution in [0.25, 0.3) is 0 Å². The van der Waals surface area contributed by atoms with E-state index < -0.39 is 0 Å². The van der Waals surface area contributed by atoms with Crippen molar-refractivity contribution in [1.82, 2.24) is 0 Å². The van der Waals surface area contributed by atoms with Gasteiger partial charge in [-0.2, -0.15) is 0 Å². The first kappa shape index (κ1) is 10.1. The van der Waals surface area contributed by atoms with Crippen LogP contribution >= 0.6 is 8.73 Å². The van der Waals surface area contributed by atoms with Gasteiger partial charge in [0.05, 0.1) is 6.04 Å². The van der Waals surface area contributed by atoms with Crippen LogP contribution in [-0.4, -0.2) is 12.7 Å². The van der Waals surface area contributed by atoms with Gasteiger partial charge in [-0.25, -0.2) is 0 Å². The fourth-order valence-corrected chi connectivity index (χ4v) is 3.74. The van der Waals surface area contributed by atoms with Gasteiger partial charge in [0.1, 0.15) is 0 Å². The highest BCUT2D eigenvalue weighted by molar-refractivity contribution is 7.39. The summed E-state index contributed by atoms with van der Waals surface area (Å²) < 4.78 is 2.53. The van der Waals surface area contributed by atoms with E-state index in [9.17, 15) is 0 Å². The predicted octanol–water partition coefficient (Wildman–Crippen LogP) is 3.70. The van der Waals surface area contributed by atoms with Crippen LogP contribution < -0.4 is 4.67 Å². The van der Waals surface area contributed by atoms with Crippen LogP contribution in [0.1, 0.15) is 18.4 Å². The molecule has 2 aliphatic rings. The minimum absolute atomic E-state index is 0.546. The molecular weight excluding hydrogens is 213 g/mol. The van der Waals surface area contributed by atoms with Crippen LogP contribution in [0.5, 0.6) is 0 Å². The molecule has 0 radical (unpaired) electrons. The van der Waals surface area contributed by atoms with E-state index in [0.717, 1.165) is 8.73 Å². The summed E-state index contributed by atoms with van der Waals surface area (Å²) in [4.78, 5) is 0. The second-order valence-electron chi connectivity index (χ2n) is 4.44. The van der Waals surface area contributed by atoms with Gasteiger partial charge in [-0.15, -0.1) is 0 Å². The number of para-hydroxylation sites is 1. The lowest BCUT2D eigenvalue weighted by atomic mass is 9.89. The molecule has 1 heterocycles. The van der Waals surface area contributed by atoms with Crippen molar-refractivity contribution in [3.05, 3.63) is 53.6 Å². The summed E-state index contributed by atoms with van der Waals surface area (Å²) >= 11 is 0. The van der Waals surface area contributed by atoms with Crippen LogP contribution in [0.2, 0.25) is 0 Å². The third kappa shape index (κ3) is 1.35. The van der Waals surface area contributed by atoms with Gasteiger partial charge in [-0.05, 0) is 33.9 Å². The third-order valence-corrected chi connectivity index (χ3v) is 4.48. The lowest BCUT2D eigenvalue weighted by Crippen LogP contribution is -2.25. The number of benzene rings is 1. The zero-order valence-electron chi connectivity index (χ0n) is 9.64. The van der Waals surface area contributed by atoms with E-state index in [0.29, 0.717) is 12.0 Å². The SMILES string of the molecule is CPN1c2ccccc2C2C=C(C)C=CC21. The van der Waals surface area contributed by atoms with Crippen molar-refractivity contribution >= 4 is 14.4 Å². The van der Waals surface area contributed by atoms with Crippen molar-refractivity contribution < 1.29 is 0 Å². The summed E-state index contributed by atoms with van der Waals surface area (Å²) in [6, 6.07) is 9.37. The Kier molecular flexibility index (Phi) is 2.37. The average Bonchev–Trinajstić information content (AvgIpc) is 2.62. The highest BCUT2D eigenvalue weighted by Crippen LogP contribution is 2.48. The zero-order valence-corrected chi connectivity index (χ0v) is 10.6. The van der Waals surface area contributed by atoms with Gasteiger partial charge in [0.2, 0.25) is 0 Å². The number of rotatable bonds is 1. The molecule has 1 aromatic rings. The Balaban J connectivity index is 2.13. The second-order valence-corrected chi connectivity index (χ2v) is 5.37. The number of hydrogen-bond acceptors (Lipinski definition) is 1. The van der Waals surface area contributed by atoms with Crippen molar-refractivity contribution in [3.63, 3.8) is 0 Å². The fourth-order valence-electron chi connectivity index (χ4n) is 2.75. The lowest BCUT2D eigenvalue weighted by molar-refractivity contribution is 0.763. The monoisotopic (exact) mass is 229 g/mol. The Morgan fingerprint density at radius 3 is 2.88 bits per heavy atom. The van der Waals surface area contributed by atoms with E-state index in [1.54, 1.807) is 0 Å². The van der Waals surface area contributed by atoms with Crippen molar-refractivity contribution in [2.45, 2.75) is 18.9 Å². The highest BCUT2D eigenvalue weighted by atomic mass is 31.1. The molecule has 3 unspecified atom stereocenters. The topological polar surface area (TPSA) is 3.24 Å². The van der Waals surface area contributed by atoms with Crippen LogP contribution in [0, 0.1) is 0 Å². The van der Waals surface area contributed by atoms with Gasteiger partial charge in [0.15, 0.2) is 0 Å². The lowest BCUT2D eigenvalue weighted by Gasteiger charge is -2.27. The Hall–Kier alpha value is -1.07. The molecule has 2 heteroatoms. The van der Waals surface area contributed by atoms with Crippen LogP contribution in [0.15, 0.2) is 48.1 Å². The summed E-state index contributed by atoms with van der Waals surface area (Å²) in [5, 5.41) is 0. The molecule has 0 aromatic heterocycles. The molecule has 3 rings (SSSR count). The van der Waals surface area contributed by atoms with Crippen molar-refractivity contribution in [2.75, 3.05) is 11.3 Å². The Morgan fingerprint density at radius 2 is 2.06 bits per heavy atom. The molecule has 16 heavy (non-hydrogen) atoms. The second kappa shape index (κ2) is 3.75. The number of hydrogen-bond donors (Lipinski definition) is 0. The van der Waals surface area contributed by atoms with E-state index in [-0.39, 0.29) is 0 Å². The third-order valence-electron chi connectivity index (χ3n) is 3.46. The molecule has 1 aliphatic carbocycles. The van der Waals surface area contributed by atoms with Crippen molar-refractivity contribution in [1.29, 1.82) is 0 Å². The molecule has 0 spiro atoms. The molecular formula is C14H16NP. The molecule has 1 aliphatic heterocycles. The van der Waals surface area contributed by atoms with Crippen molar-refractivity contribution in [2.24, 2.45) is 0 Å². The summed E-state index contributed by atoms with van der Waals surface area (Å²) in [6.45, 7) is 4.45. The number of allylic oxidation sites excluding steroid dienone is 2. The minimum Gasteiger partial charge on any atom is -0.346 e. The first-order valence-electron chi connectivity index (χ1n) is 5.73. The molecule has 0 amide bonds. The summed E-state index contributed by atoms with van der Waals surface area (Å²) in [5.41, 5.74) is 4.30. The Labute approximate surface area is 98.7 Å². The first-order valence-corrected chi connectivity index (χ1v) is 7.18. The maximum Gasteiger partial charge on any atom is 0.0613 e. The molecule has 0 N–H and O–H groups in total. The van der Waals surface area contributed by atoms with E-state index in [2.05, 4.69) is 60.8 Å². The van der Waals surface area contributed by atoms with Gasteiger partial charge in [0, 0.05) is 11.6 Å². The molecule has 1 aromatic carbocycles. The maximum absolute atomic E-state index is 2.53. The van der Waals surface area contributed by atoms with Crippen LogP contribution in [0.3, 0.4) is 0 Å². The quantitative estimate of drug-likeness (QED) is 0.664. The van der Waals surface area contributed by atoms with E-state index >= 15 is 0 Å². The van der Waals surface area contributed by atoms with Gasteiger partial charge >= 0.3 is 0 Å². The van der Waals surface area contributed by atoms with E-state index in [1.165, 1.54) is 16.8 Å². The van der Waals surface area contributed by atoms with Gasteiger partial charge < -0.3 is 4.67 Å². The summed E-state index contributed by atoms with van der Waals surface area (Å²) in [7, 11) is 0.833. The first-order chi connectivity index (χ1) is 7.81. The van der Waals surface area contributed by atoms with Crippen LogP contribution in [-0.2, 0) is 0 Å². The normalized spacial score (nSPS) is 27.1. The Bertz CT molecular complexity index is 475. The molecule has 1 nitrogen and oxygen atoms in total. The molecule has 0 fully saturated rings. The number of nitrogens with zero attached hydrogens (tertiary/aromatic N) is 1. The van der Waals surface area contributed by atoms with Gasteiger partial charge in [-0.3, -0.25) is 0 Å². The summed E-state index contributed by atoms with van der Waals surface area (Å²) in [6.07, 6.45) is 7.01. The predicted molar refractivity (Wildman–Crippen MR) is 72.6 cm³/mol. The molecule has 0 bridgehead atoms. The molecule has 82 valence electrons. The molecule has 0 saturated heterocycles. The number of anilines is 1. The fraction of sp³-hybridized carbons (Fsp3) is 0.286. The largest absolute Gasteiger partial charge is 0.346 e. The van der Waals surface area contributed by atoms with Gasteiger partial charge in [0.25, 0.3) is 0 Å². The van der Waals surface area contributed by atoms with Crippen LogP contribution in [0.4, 0.5) is 5.69 Å². The standard InChI is InChI=1S/C14H16NP/c1-10-7-8-14-12(9-10)11-5-3-4-6-13(11)15(14)16-2/h3-9,12,14,16H,1-2H3. The van der Waals surface area contributed by atoms with E-state index in [4.69, 9.17) is 0 Å². The smallest absolute Gasteiger partial charge is 0.0613 e. The van der Waals surface area contributed by atoms with Crippen molar-refractivity contribution in [3.8, 4) is 0 Å². The maximum atomic E-state index is 2.53. The minimum atomic E-state index is 0.546. The zero-order chi connectivity index (χ0) is 11.1. The summed E-state index contributed by atoms with van der Waals surface area (Å²) in [5.74, 6) is 0.564. The average molecular weight is 229 g/mol. The van der Waals surface area contributed by atoms with Gasteiger partial charge in [-0.1, -0.05) is 42.0 Å². The Morgan fingerprint density at radius 1 is 1.25 bits per heavy atom.